The number of hydrogen-bond acceptors (Lipinski definition) is 7. The van der Waals surface area contributed by atoms with Crippen LogP contribution >= 0.6 is 0 Å². The van der Waals surface area contributed by atoms with Crippen molar-refractivity contribution >= 4 is 16.8 Å². The molecule has 0 radical (unpaired) electrons. The van der Waals surface area contributed by atoms with Gasteiger partial charge >= 0.3 is 0 Å². The highest BCUT2D eigenvalue weighted by atomic mass is 16.5. The molecule has 1 fully saturated rings. The van der Waals surface area contributed by atoms with E-state index in [0.29, 0.717) is 38.4 Å². The van der Waals surface area contributed by atoms with Gasteiger partial charge in [-0.1, -0.05) is 18.2 Å². The number of aromatic hydroxyl groups is 1. The molecule has 35 heavy (non-hydrogen) atoms. The zero-order valence-corrected chi connectivity index (χ0v) is 19.6. The average molecular weight is 481 g/mol. The van der Waals surface area contributed by atoms with Crippen LogP contribution in [-0.2, 0) is 33.8 Å². The predicted molar refractivity (Wildman–Crippen MR) is 128 cm³/mol. The van der Waals surface area contributed by atoms with Crippen molar-refractivity contribution in [2.24, 2.45) is 0 Å². The lowest BCUT2D eigenvalue weighted by molar-refractivity contribution is -0.135. The van der Waals surface area contributed by atoms with Gasteiger partial charge in [-0.25, -0.2) is 0 Å². The first kappa shape index (κ1) is 23.3. The smallest absolute Gasteiger partial charge is 0.255 e. The number of aryl methyl sites for hydroxylation is 2. The fourth-order valence-corrected chi connectivity index (χ4v) is 5.10. The van der Waals surface area contributed by atoms with Crippen LogP contribution in [0.4, 0.5) is 0 Å². The van der Waals surface area contributed by atoms with Gasteiger partial charge in [0.05, 0.1) is 24.6 Å². The molecule has 0 saturated carbocycles. The summed E-state index contributed by atoms with van der Waals surface area (Å²) in [5.74, 6) is -1.64. The molecule has 1 N–H and O–H groups in total. The van der Waals surface area contributed by atoms with Gasteiger partial charge in [0.1, 0.15) is 12.4 Å². The minimum Gasteiger partial charge on any atom is -0.502 e. The molecular formula is C26H28N2O7. The highest BCUT2D eigenvalue weighted by molar-refractivity contribution is 5.84. The van der Waals surface area contributed by atoms with Gasteiger partial charge in [0.2, 0.25) is 17.1 Å². The Hall–Kier alpha value is -3.43. The van der Waals surface area contributed by atoms with E-state index in [9.17, 15) is 19.5 Å². The topological polar surface area (TPSA) is 111 Å². The zero-order chi connectivity index (χ0) is 24.5. The second-order valence-electron chi connectivity index (χ2n) is 8.99. The second kappa shape index (κ2) is 9.67. The molecule has 2 aromatic heterocycles. The van der Waals surface area contributed by atoms with E-state index in [2.05, 4.69) is 0 Å². The SMILES string of the molecule is COCc1cc(=O)c(O)c([C@@H](CC(=O)N2CCOCC2)c2cc3cccc4c3n(c2=O)CCC4)o1. The van der Waals surface area contributed by atoms with Gasteiger partial charge in [0.15, 0.2) is 5.76 Å². The number of rotatable bonds is 6. The number of carbonyl (C=O) groups excluding carboxylic acids is 1. The largest absolute Gasteiger partial charge is 0.502 e. The first-order chi connectivity index (χ1) is 17.0. The lowest BCUT2D eigenvalue weighted by Crippen LogP contribution is -2.41. The zero-order valence-electron chi connectivity index (χ0n) is 19.6. The summed E-state index contributed by atoms with van der Waals surface area (Å²) in [6.45, 7) is 2.33. The molecule has 0 bridgehead atoms. The van der Waals surface area contributed by atoms with Crippen molar-refractivity contribution < 1.29 is 23.8 Å². The summed E-state index contributed by atoms with van der Waals surface area (Å²) in [6, 6.07) is 8.83. The number of nitrogens with zero attached hydrogens (tertiary/aromatic N) is 2. The lowest BCUT2D eigenvalue weighted by atomic mass is 9.90. The van der Waals surface area contributed by atoms with E-state index in [1.807, 2.05) is 18.2 Å². The van der Waals surface area contributed by atoms with Gasteiger partial charge in [0.25, 0.3) is 5.56 Å². The van der Waals surface area contributed by atoms with Crippen molar-refractivity contribution in [1.29, 1.82) is 0 Å². The van der Waals surface area contributed by atoms with Crippen molar-refractivity contribution in [2.45, 2.75) is 38.3 Å². The Morgan fingerprint density at radius 1 is 1.17 bits per heavy atom. The second-order valence-corrected chi connectivity index (χ2v) is 8.99. The van der Waals surface area contributed by atoms with Gasteiger partial charge in [-0.15, -0.1) is 0 Å². The van der Waals surface area contributed by atoms with Crippen LogP contribution in [0.25, 0.3) is 10.9 Å². The van der Waals surface area contributed by atoms with Crippen molar-refractivity contribution in [3.63, 3.8) is 0 Å². The third-order valence-corrected chi connectivity index (χ3v) is 6.77. The molecule has 4 heterocycles. The maximum Gasteiger partial charge on any atom is 0.255 e. The highest BCUT2D eigenvalue weighted by Gasteiger charge is 2.32. The van der Waals surface area contributed by atoms with E-state index in [4.69, 9.17) is 13.9 Å². The van der Waals surface area contributed by atoms with Crippen LogP contribution in [0.5, 0.6) is 5.75 Å². The third-order valence-electron chi connectivity index (χ3n) is 6.77. The molecule has 1 atom stereocenters. The Kier molecular flexibility index (Phi) is 6.44. The van der Waals surface area contributed by atoms with Crippen molar-refractivity contribution in [3.05, 3.63) is 73.6 Å². The predicted octanol–water partition coefficient (Wildman–Crippen LogP) is 2.13. The molecule has 1 amide bonds. The van der Waals surface area contributed by atoms with E-state index in [-0.39, 0.29) is 36.0 Å². The van der Waals surface area contributed by atoms with E-state index >= 15 is 0 Å². The number of aromatic nitrogens is 1. The molecule has 0 spiro atoms. The molecule has 9 nitrogen and oxygen atoms in total. The Bertz CT molecular complexity index is 1380. The number of benzene rings is 1. The number of carbonyl (C=O) groups is 1. The maximum atomic E-state index is 13.8. The Balaban J connectivity index is 1.69. The molecular weight excluding hydrogens is 452 g/mol. The summed E-state index contributed by atoms with van der Waals surface area (Å²) in [4.78, 5) is 41.3. The summed E-state index contributed by atoms with van der Waals surface area (Å²) < 4.78 is 18.1. The molecule has 9 heteroatoms. The number of para-hydroxylation sites is 1. The fraction of sp³-hybridized carbons (Fsp3) is 0.423. The van der Waals surface area contributed by atoms with Gasteiger partial charge in [0, 0.05) is 44.8 Å². The molecule has 1 saturated heterocycles. The number of methoxy groups -OCH3 is 1. The normalized spacial score (nSPS) is 16.4. The summed E-state index contributed by atoms with van der Waals surface area (Å²) >= 11 is 0. The van der Waals surface area contributed by atoms with E-state index in [1.54, 1.807) is 15.5 Å². The number of ether oxygens (including phenoxy) is 2. The number of morpholine rings is 1. The highest BCUT2D eigenvalue weighted by Crippen LogP contribution is 2.34. The molecule has 5 rings (SSSR count). The maximum absolute atomic E-state index is 13.8. The molecule has 0 aliphatic carbocycles. The van der Waals surface area contributed by atoms with Crippen LogP contribution in [0, 0.1) is 0 Å². The van der Waals surface area contributed by atoms with Crippen LogP contribution in [0.3, 0.4) is 0 Å². The minimum atomic E-state index is -0.943. The van der Waals surface area contributed by atoms with Crippen molar-refractivity contribution in [1.82, 2.24) is 9.47 Å². The Morgan fingerprint density at radius 3 is 2.74 bits per heavy atom. The van der Waals surface area contributed by atoms with E-state index < -0.39 is 17.1 Å². The van der Waals surface area contributed by atoms with Gasteiger partial charge in [-0.2, -0.15) is 0 Å². The van der Waals surface area contributed by atoms with Crippen LogP contribution in [0.1, 0.15) is 41.4 Å². The van der Waals surface area contributed by atoms with E-state index in [1.165, 1.54) is 7.11 Å². The summed E-state index contributed by atoms with van der Waals surface area (Å²) in [5, 5.41) is 11.6. The summed E-state index contributed by atoms with van der Waals surface area (Å²) in [6.07, 6.45) is 1.59. The Morgan fingerprint density at radius 2 is 1.97 bits per heavy atom. The average Bonchev–Trinajstić information content (AvgIpc) is 2.87. The van der Waals surface area contributed by atoms with Gasteiger partial charge in [-0.3, -0.25) is 14.4 Å². The fourth-order valence-electron chi connectivity index (χ4n) is 5.10. The van der Waals surface area contributed by atoms with Gasteiger partial charge in [-0.05, 0) is 29.9 Å². The first-order valence-corrected chi connectivity index (χ1v) is 11.8. The Labute approximate surface area is 201 Å². The third kappa shape index (κ3) is 4.37. The molecule has 2 aliphatic heterocycles. The van der Waals surface area contributed by atoms with Crippen molar-refractivity contribution in [2.75, 3.05) is 33.4 Å². The summed E-state index contributed by atoms with van der Waals surface area (Å²) in [7, 11) is 1.46. The number of amides is 1. The summed E-state index contributed by atoms with van der Waals surface area (Å²) in [5.41, 5.74) is 1.42. The molecule has 184 valence electrons. The number of pyridine rings is 1. The van der Waals surface area contributed by atoms with Crippen LogP contribution in [0.15, 0.2) is 44.3 Å². The first-order valence-electron chi connectivity index (χ1n) is 11.8. The van der Waals surface area contributed by atoms with Crippen molar-refractivity contribution in [3.8, 4) is 5.75 Å². The number of hydrogen-bond donors (Lipinski definition) is 1. The van der Waals surface area contributed by atoms with E-state index in [0.717, 1.165) is 35.4 Å². The van der Waals surface area contributed by atoms with Crippen LogP contribution < -0.4 is 11.0 Å². The molecule has 0 unspecified atom stereocenters. The van der Waals surface area contributed by atoms with Crippen LogP contribution in [-0.4, -0.2) is 53.9 Å². The monoisotopic (exact) mass is 480 g/mol. The molecule has 1 aromatic carbocycles. The molecule has 3 aromatic rings. The lowest BCUT2D eigenvalue weighted by Gasteiger charge is -2.29. The minimum absolute atomic E-state index is 0.0119. The quantitative estimate of drug-likeness (QED) is 0.575. The van der Waals surface area contributed by atoms with Crippen LogP contribution in [0.2, 0.25) is 0 Å². The van der Waals surface area contributed by atoms with Gasteiger partial charge < -0.3 is 28.5 Å². The molecule has 2 aliphatic rings. The standard InChI is InChI=1S/C26H28N2O7/c1-33-15-18-13-21(29)24(31)25(35-18)19(14-22(30)27-8-10-34-11-9-27)20-12-17-5-2-4-16-6-3-7-28(23(16)17)26(20)32/h2,4-5,12-13,19,31H,3,6-11,14-15H2,1H3/t19-/m0/s1.